The number of hydrogen-bond acceptors (Lipinski definition) is 15. The third-order valence-electron chi connectivity index (χ3n) is 4.03. The summed E-state index contributed by atoms with van der Waals surface area (Å²) >= 11 is 49.9. The highest BCUT2D eigenvalue weighted by atomic mass is 32.2. The van der Waals surface area contributed by atoms with Gasteiger partial charge in [0.25, 0.3) is 0 Å². The van der Waals surface area contributed by atoms with Crippen molar-refractivity contribution in [3.8, 4) is 0 Å². The van der Waals surface area contributed by atoms with E-state index in [9.17, 15) is 0 Å². The average Bonchev–Trinajstić information content (AvgIpc) is 2.72. The van der Waals surface area contributed by atoms with Crippen LogP contribution in [0.3, 0.4) is 0 Å². The summed E-state index contributed by atoms with van der Waals surface area (Å²) in [5.41, 5.74) is 0. The molecule has 0 aromatic rings. The fraction of sp³-hybridized carbons (Fsp3) is 1.00. The minimum Gasteiger partial charge on any atom is -0.176 e. The predicted molar refractivity (Wildman–Crippen MR) is 200 cm³/mol. The first-order chi connectivity index (χ1) is 15.4. The Morgan fingerprint density at radius 3 is 1.03 bits per heavy atom. The molecular formula is C17H36S15. The first kappa shape index (κ1) is 37.2. The first-order valence-electron chi connectivity index (χ1n) is 9.76. The summed E-state index contributed by atoms with van der Waals surface area (Å²) in [4.78, 5) is 0. The second-order valence-corrected chi connectivity index (χ2v) is 21.6. The molecule has 0 aliphatic rings. The molecule has 0 N–H and O–H groups in total. The number of rotatable bonds is 23. The van der Waals surface area contributed by atoms with Gasteiger partial charge >= 0.3 is 0 Å². The van der Waals surface area contributed by atoms with Crippen LogP contribution in [0, 0.1) is 0 Å². The number of hydrogen-bond donors (Lipinski definition) is 8. The second kappa shape index (κ2) is 26.5. The lowest BCUT2D eigenvalue weighted by molar-refractivity contribution is 0.634. The highest BCUT2D eigenvalue weighted by Crippen LogP contribution is 2.38. The van der Waals surface area contributed by atoms with Crippen LogP contribution in [0.2, 0.25) is 0 Å². The van der Waals surface area contributed by atoms with E-state index >= 15 is 0 Å². The molecule has 2 atom stereocenters. The monoisotopic (exact) mass is 720 g/mol. The molecule has 0 fully saturated rings. The summed E-state index contributed by atoms with van der Waals surface area (Å²) in [7, 11) is 0. The highest BCUT2D eigenvalue weighted by molar-refractivity contribution is 8.24. The summed E-state index contributed by atoms with van der Waals surface area (Å²) in [5, 5.41) is 6.27. The van der Waals surface area contributed by atoms with Gasteiger partial charge in [0.2, 0.25) is 0 Å². The van der Waals surface area contributed by atoms with E-state index in [0.29, 0.717) is 29.5 Å². The molecule has 0 aromatic heterocycles. The van der Waals surface area contributed by atoms with E-state index in [4.69, 9.17) is 25.3 Å². The highest BCUT2D eigenvalue weighted by Gasteiger charge is 2.24. The SMILES string of the molecule is SCSC(CSC(CC(S)CC(SCS)SCS)CC(S)CC(SCS)SCS)SCS. The smallest absolute Gasteiger partial charge is 0.0609 e. The van der Waals surface area contributed by atoms with Gasteiger partial charge in [-0.25, -0.2) is 0 Å². The van der Waals surface area contributed by atoms with Crippen molar-refractivity contribution < 1.29 is 0 Å². The molecular weight excluding hydrogens is 685 g/mol. The zero-order valence-corrected chi connectivity index (χ0v) is 30.5. The van der Waals surface area contributed by atoms with E-state index in [1.165, 1.54) is 0 Å². The Balaban J connectivity index is 5.02. The van der Waals surface area contributed by atoms with Crippen molar-refractivity contribution in [1.82, 2.24) is 0 Å². The normalized spacial score (nSPS) is 15.1. The topological polar surface area (TPSA) is 0 Å². The van der Waals surface area contributed by atoms with Crippen LogP contribution in [-0.2, 0) is 0 Å². The lowest BCUT2D eigenvalue weighted by Gasteiger charge is -2.27. The van der Waals surface area contributed by atoms with Crippen LogP contribution in [0.4, 0.5) is 0 Å². The molecule has 0 aliphatic heterocycles. The van der Waals surface area contributed by atoms with Crippen LogP contribution in [0.5, 0.6) is 0 Å². The van der Waals surface area contributed by atoms with E-state index in [1.54, 1.807) is 0 Å². The molecule has 194 valence electrons. The molecule has 0 amide bonds. The summed E-state index contributed by atoms with van der Waals surface area (Å²) in [5.74, 6) is 1.10. The van der Waals surface area contributed by atoms with Gasteiger partial charge in [0, 0.05) is 52.0 Å². The van der Waals surface area contributed by atoms with Gasteiger partial charge in [-0.15, -0.1) is 70.6 Å². The van der Waals surface area contributed by atoms with Gasteiger partial charge < -0.3 is 0 Å². The van der Waals surface area contributed by atoms with E-state index in [2.05, 4.69) is 87.5 Å². The van der Waals surface area contributed by atoms with Crippen LogP contribution >= 0.6 is 183 Å². The molecule has 32 heavy (non-hydrogen) atoms. The molecule has 0 radical (unpaired) electrons. The van der Waals surface area contributed by atoms with Crippen molar-refractivity contribution in [2.24, 2.45) is 0 Å². The van der Waals surface area contributed by atoms with Gasteiger partial charge in [0.1, 0.15) is 0 Å². The molecule has 0 saturated heterocycles. The minimum absolute atomic E-state index is 0.362. The molecule has 0 saturated carbocycles. The average molecular weight is 721 g/mol. The first-order valence-corrected chi connectivity index (χ1v) is 21.9. The zero-order chi connectivity index (χ0) is 24.2. The van der Waals surface area contributed by atoms with Crippen molar-refractivity contribution in [2.45, 2.75) is 55.2 Å². The van der Waals surface area contributed by atoms with E-state index < -0.39 is 0 Å². The molecule has 0 bridgehead atoms. The summed E-state index contributed by atoms with van der Waals surface area (Å²) in [6.07, 6.45) is 4.33. The van der Waals surface area contributed by atoms with Crippen molar-refractivity contribution >= 4 is 183 Å². The second-order valence-electron chi connectivity index (χ2n) is 6.27. The molecule has 0 heterocycles. The van der Waals surface area contributed by atoms with Crippen LogP contribution < -0.4 is 0 Å². The third-order valence-corrected chi connectivity index (χ3v) is 16.0. The molecule has 0 aromatic carbocycles. The molecule has 0 spiro atoms. The third kappa shape index (κ3) is 21.1. The summed E-state index contributed by atoms with van der Waals surface area (Å²) < 4.78 is 1.52. The maximum absolute atomic E-state index is 5.00. The summed E-state index contributed by atoms with van der Waals surface area (Å²) in [6.45, 7) is 0. The van der Waals surface area contributed by atoms with Crippen LogP contribution in [0.15, 0.2) is 0 Å². The van der Waals surface area contributed by atoms with Gasteiger partial charge in [-0.05, 0) is 25.7 Å². The largest absolute Gasteiger partial charge is 0.176 e. The fourth-order valence-corrected chi connectivity index (χ4v) is 16.8. The molecule has 0 aliphatic carbocycles. The predicted octanol–water partition coefficient (Wildman–Crippen LogP) is 8.95. The maximum atomic E-state index is 5.00. The van der Waals surface area contributed by atoms with Gasteiger partial charge in [-0.3, -0.25) is 0 Å². The quantitative estimate of drug-likeness (QED) is 0.0387. The van der Waals surface area contributed by atoms with E-state index in [-0.39, 0.29) is 0 Å². The molecule has 0 rings (SSSR count). The Morgan fingerprint density at radius 1 is 0.406 bits per heavy atom. The number of thioether (sulfide) groups is 7. The van der Waals surface area contributed by atoms with Crippen molar-refractivity contribution in [2.75, 3.05) is 36.3 Å². The Morgan fingerprint density at radius 2 is 0.719 bits per heavy atom. The van der Waals surface area contributed by atoms with Crippen molar-refractivity contribution in [3.63, 3.8) is 0 Å². The van der Waals surface area contributed by atoms with Crippen molar-refractivity contribution in [1.29, 1.82) is 0 Å². The van der Waals surface area contributed by atoms with Crippen LogP contribution in [0.1, 0.15) is 25.7 Å². The summed E-state index contributed by atoms with van der Waals surface area (Å²) in [6, 6.07) is 0. The van der Waals surface area contributed by atoms with E-state index in [1.807, 2.05) is 70.6 Å². The zero-order valence-electron chi connectivity index (χ0n) is 17.7. The number of thiol groups is 8. The Bertz CT molecular complexity index is 360. The van der Waals surface area contributed by atoms with E-state index in [0.717, 1.165) is 61.9 Å². The van der Waals surface area contributed by atoms with Gasteiger partial charge in [-0.2, -0.15) is 113 Å². The van der Waals surface area contributed by atoms with Gasteiger partial charge in [0.05, 0.1) is 13.7 Å². The Labute approximate surface area is 271 Å². The van der Waals surface area contributed by atoms with Gasteiger partial charge in [0.15, 0.2) is 0 Å². The Hall–Kier alpha value is 5.25. The Kier molecular flexibility index (Phi) is 30.8. The van der Waals surface area contributed by atoms with Crippen LogP contribution in [-0.4, -0.2) is 65.8 Å². The molecule has 15 heteroatoms. The lowest BCUT2D eigenvalue weighted by Crippen LogP contribution is -2.21. The van der Waals surface area contributed by atoms with Crippen molar-refractivity contribution in [3.05, 3.63) is 0 Å². The molecule has 0 nitrogen and oxygen atoms in total. The molecule has 2 unspecified atom stereocenters. The standard InChI is InChI=1S/C17H36S15/c18-6-27-15(28-7-19)3-12(24)1-14(26-5-17(31-10-22)32-11-23)2-13(25)4-16(29-8-20)30-9-21/h12-25H,1-11H2. The minimum atomic E-state index is 0.362. The lowest BCUT2D eigenvalue weighted by atomic mass is 10.1. The van der Waals surface area contributed by atoms with Gasteiger partial charge in [-0.1, -0.05) is 0 Å². The fourth-order valence-electron chi connectivity index (χ4n) is 2.70. The maximum Gasteiger partial charge on any atom is 0.0609 e. The van der Waals surface area contributed by atoms with Crippen LogP contribution in [0.25, 0.3) is 0 Å².